The minimum Gasteiger partial charge on any atom is -0.494 e. The number of nitrogens with zero attached hydrogens (tertiary/aromatic N) is 4. The number of aromatic nitrogens is 3. The van der Waals surface area contributed by atoms with Gasteiger partial charge in [0.25, 0.3) is 0 Å². The molecule has 0 saturated carbocycles. The number of anilines is 2. The third-order valence-electron chi connectivity index (χ3n) is 7.47. The molecule has 1 saturated heterocycles. The topological polar surface area (TPSA) is 84.3 Å². The molecule has 5 rings (SSSR count). The molecule has 0 bridgehead atoms. The molecule has 0 aliphatic carbocycles. The highest BCUT2D eigenvalue weighted by Gasteiger charge is 2.42. The summed E-state index contributed by atoms with van der Waals surface area (Å²) in [4.78, 5) is 24.2. The SMILES string of the molecule is COc1cc(N2C(=S)N[C@@H](c3ccccn3)[C@@H]2c2cc(C)n(-c3ncccc3C)c2C)ccc1NC(=O)C(C)(C)C. The van der Waals surface area contributed by atoms with E-state index >= 15 is 0 Å². The summed E-state index contributed by atoms with van der Waals surface area (Å²) >= 11 is 5.96. The number of benzene rings is 1. The number of carbonyl (C=O) groups excluding carboxylic acids is 1. The number of ether oxygens (including phenoxy) is 1. The smallest absolute Gasteiger partial charge is 0.229 e. The fraction of sp³-hybridized carbons (Fsp3) is 0.312. The zero-order chi connectivity index (χ0) is 29.5. The minimum atomic E-state index is -0.542. The van der Waals surface area contributed by atoms with Crippen molar-refractivity contribution in [2.45, 2.75) is 53.6 Å². The minimum absolute atomic E-state index is 0.0905. The molecule has 1 aliphatic heterocycles. The van der Waals surface area contributed by atoms with Crippen molar-refractivity contribution < 1.29 is 9.53 Å². The Labute approximate surface area is 246 Å². The second-order valence-corrected chi connectivity index (χ2v) is 11.8. The Balaban J connectivity index is 1.64. The number of carbonyl (C=O) groups is 1. The molecule has 9 heteroatoms. The number of pyridine rings is 2. The number of methoxy groups -OCH3 is 1. The molecule has 1 aliphatic rings. The lowest BCUT2D eigenvalue weighted by molar-refractivity contribution is -0.123. The largest absolute Gasteiger partial charge is 0.494 e. The molecule has 3 aromatic heterocycles. The van der Waals surface area contributed by atoms with Gasteiger partial charge in [-0.3, -0.25) is 9.78 Å². The van der Waals surface area contributed by atoms with E-state index in [9.17, 15) is 4.79 Å². The Morgan fingerprint density at radius 3 is 2.44 bits per heavy atom. The van der Waals surface area contributed by atoms with Gasteiger partial charge in [-0.1, -0.05) is 32.9 Å². The average Bonchev–Trinajstić information content (AvgIpc) is 3.44. The predicted octanol–water partition coefficient (Wildman–Crippen LogP) is 6.36. The Morgan fingerprint density at radius 2 is 1.78 bits per heavy atom. The second-order valence-electron chi connectivity index (χ2n) is 11.4. The van der Waals surface area contributed by atoms with Crippen LogP contribution in [0.3, 0.4) is 0 Å². The summed E-state index contributed by atoms with van der Waals surface area (Å²) in [6.45, 7) is 11.9. The van der Waals surface area contributed by atoms with Gasteiger partial charge in [-0.05, 0) is 80.5 Å². The van der Waals surface area contributed by atoms with Crippen LogP contribution in [-0.2, 0) is 4.79 Å². The summed E-state index contributed by atoms with van der Waals surface area (Å²) in [5, 5.41) is 7.12. The Morgan fingerprint density at radius 1 is 1.02 bits per heavy atom. The van der Waals surface area contributed by atoms with E-state index in [4.69, 9.17) is 26.9 Å². The van der Waals surface area contributed by atoms with Crippen molar-refractivity contribution in [2.75, 3.05) is 17.3 Å². The van der Waals surface area contributed by atoms with Crippen molar-refractivity contribution in [3.8, 4) is 11.6 Å². The lowest BCUT2D eigenvalue weighted by atomic mass is 9.95. The maximum Gasteiger partial charge on any atom is 0.229 e. The molecule has 1 aromatic carbocycles. The summed E-state index contributed by atoms with van der Waals surface area (Å²) in [5.74, 6) is 1.37. The third kappa shape index (κ3) is 5.29. The van der Waals surface area contributed by atoms with Crippen LogP contribution < -0.4 is 20.3 Å². The molecule has 1 fully saturated rings. The van der Waals surface area contributed by atoms with E-state index in [2.05, 4.69) is 53.0 Å². The van der Waals surface area contributed by atoms with Gasteiger partial charge in [-0.15, -0.1) is 0 Å². The van der Waals surface area contributed by atoms with Gasteiger partial charge < -0.3 is 24.8 Å². The first-order chi connectivity index (χ1) is 19.5. The van der Waals surface area contributed by atoms with Crippen LogP contribution in [0.4, 0.5) is 11.4 Å². The molecule has 4 heterocycles. The first kappa shape index (κ1) is 28.3. The second kappa shape index (κ2) is 11.0. The van der Waals surface area contributed by atoms with Crippen molar-refractivity contribution in [3.63, 3.8) is 0 Å². The van der Waals surface area contributed by atoms with Crippen molar-refractivity contribution in [1.29, 1.82) is 0 Å². The van der Waals surface area contributed by atoms with Crippen molar-refractivity contribution in [1.82, 2.24) is 19.9 Å². The van der Waals surface area contributed by atoms with Gasteiger partial charge in [-0.25, -0.2) is 4.98 Å². The first-order valence-electron chi connectivity index (χ1n) is 13.6. The fourth-order valence-corrected chi connectivity index (χ4v) is 5.66. The Hall–Kier alpha value is -4.24. The lowest BCUT2D eigenvalue weighted by Gasteiger charge is -2.29. The van der Waals surface area contributed by atoms with E-state index in [0.717, 1.165) is 39.7 Å². The van der Waals surface area contributed by atoms with Crippen LogP contribution in [0, 0.1) is 26.2 Å². The Bertz CT molecular complexity index is 1610. The van der Waals surface area contributed by atoms with E-state index in [1.54, 1.807) is 13.3 Å². The summed E-state index contributed by atoms with van der Waals surface area (Å²) in [6.07, 6.45) is 3.62. The molecular formula is C32H36N6O2S. The monoisotopic (exact) mass is 568 g/mol. The van der Waals surface area contributed by atoms with Gasteiger partial charge in [0.1, 0.15) is 11.6 Å². The van der Waals surface area contributed by atoms with Gasteiger partial charge in [0.15, 0.2) is 5.11 Å². The number of rotatable bonds is 6. The summed E-state index contributed by atoms with van der Waals surface area (Å²) in [6, 6.07) is 17.5. The van der Waals surface area contributed by atoms with Gasteiger partial charge in [-0.2, -0.15) is 0 Å². The number of aryl methyl sites for hydroxylation is 2. The molecule has 1 amide bonds. The van der Waals surface area contributed by atoms with Crippen LogP contribution in [-0.4, -0.2) is 32.7 Å². The highest BCUT2D eigenvalue weighted by atomic mass is 32.1. The van der Waals surface area contributed by atoms with E-state index in [-0.39, 0.29) is 18.0 Å². The molecule has 4 aromatic rings. The molecule has 0 radical (unpaired) electrons. The highest BCUT2D eigenvalue weighted by molar-refractivity contribution is 7.80. The summed E-state index contributed by atoms with van der Waals surface area (Å²) in [5.41, 5.74) is 6.16. The van der Waals surface area contributed by atoms with E-state index in [1.807, 2.05) is 69.4 Å². The van der Waals surface area contributed by atoms with Gasteiger partial charge >= 0.3 is 0 Å². The Kier molecular flexibility index (Phi) is 7.57. The average molecular weight is 569 g/mol. The van der Waals surface area contributed by atoms with Gasteiger partial charge in [0.2, 0.25) is 5.91 Å². The summed E-state index contributed by atoms with van der Waals surface area (Å²) < 4.78 is 7.93. The number of nitrogens with one attached hydrogen (secondary N) is 2. The van der Waals surface area contributed by atoms with Crippen LogP contribution in [0.25, 0.3) is 5.82 Å². The molecule has 2 N–H and O–H groups in total. The fourth-order valence-electron chi connectivity index (χ4n) is 5.32. The van der Waals surface area contributed by atoms with Crippen LogP contribution in [0.1, 0.15) is 61.1 Å². The van der Waals surface area contributed by atoms with Crippen molar-refractivity contribution in [2.24, 2.45) is 5.41 Å². The number of hydrogen-bond acceptors (Lipinski definition) is 5. The van der Waals surface area contributed by atoms with Crippen molar-refractivity contribution in [3.05, 3.63) is 95.2 Å². The zero-order valence-electron chi connectivity index (χ0n) is 24.5. The standard InChI is InChI=1S/C32H36N6O2S/c1-19-11-10-16-34-29(19)37-20(2)17-23(21(37)3)28-27(25-12-8-9-15-33-25)36-31(41)38(28)22-13-14-24(26(18-22)40-7)35-30(39)32(4,5)6/h8-18,27-28H,1-7H3,(H,35,39)(H,36,41)/t27-,28-/m0/s1. The van der Waals surface area contributed by atoms with Gasteiger partial charge in [0.05, 0.1) is 30.6 Å². The molecular weight excluding hydrogens is 532 g/mol. The zero-order valence-corrected chi connectivity index (χ0v) is 25.3. The molecule has 41 heavy (non-hydrogen) atoms. The first-order valence-corrected chi connectivity index (χ1v) is 14.0. The van der Waals surface area contributed by atoms with Crippen LogP contribution in [0.15, 0.2) is 67.0 Å². The van der Waals surface area contributed by atoms with Gasteiger partial charge in [0, 0.05) is 41.0 Å². The van der Waals surface area contributed by atoms with Crippen LogP contribution >= 0.6 is 12.2 Å². The highest BCUT2D eigenvalue weighted by Crippen LogP contribution is 2.45. The van der Waals surface area contributed by atoms with E-state index < -0.39 is 5.41 Å². The normalized spacial score (nSPS) is 17.0. The van der Waals surface area contributed by atoms with Crippen LogP contribution in [0.2, 0.25) is 0 Å². The predicted molar refractivity (Wildman–Crippen MR) is 167 cm³/mol. The molecule has 212 valence electrons. The third-order valence-corrected chi connectivity index (χ3v) is 7.79. The van der Waals surface area contributed by atoms with Crippen LogP contribution in [0.5, 0.6) is 5.75 Å². The number of hydrogen-bond donors (Lipinski definition) is 2. The van der Waals surface area contributed by atoms with E-state index in [1.165, 1.54) is 0 Å². The quantitative estimate of drug-likeness (QED) is 0.262. The molecule has 2 atom stereocenters. The molecule has 8 nitrogen and oxygen atoms in total. The maximum absolute atomic E-state index is 12.7. The van der Waals surface area contributed by atoms with Crippen molar-refractivity contribution >= 4 is 34.6 Å². The molecule has 0 unspecified atom stereocenters. The number of amides is 1. The van der Waals surface area contributed by atoms with E-state index in [0.29, 0.717) is 16.5 Å². The number of thiocarbonyl (C=S) groups is 1. The lowest BCUT2D eigenvalue weighted by Crippen LogP contribution is -2.30. The summed E-state index contributed by atoms with van der Waals surface area (Å²) in [7, 11) is 1.60. The maximum atomic E-state index is 12.7. The molecule has 0 spiro atoms.